The van der Waals surface area contributed by atoms with Crippen LogP contribution < -0.4 is 4.74 Å². The number of aromatic carboxylic acids is 1. The monoisotopic (exact) mass is 238 g/mol. The van der Waals surface area contributed by atoms with Gasteiger partial charge in [0, 0.05) is 7.05 Å². The lowest BCUT2D eigenvalue weighted by atomic mass is 10.4. The zero-order valence-electron chi connectivity index (χ0n) is 8.58. The maximum absolute atomic E-state index is 10.8. The van der Waals surface area contributed by atoms with Gasteiger partial charge in [0.25, 0.3) is 0 Å². The van der Waals surface area contributed by atoms with Crippen LogP contribution in [0.3, 0.4) is 0 Å². The van der Waals surface area contributed by atoms with Crippen molar-refractivity contribution >= 4 is 17.3 Å². The SMILES string of the molecule is Cn1cncc1COc1ccsc1C(=O)O. The zero-order chi connectivity index (χ0) is 11.5. The molecule has 0 aliphatic rings. The van der Waals surface area contributed by atoms with E-state index < -0.39 is 5.97 Å². The normalized spacial score (nSPS) is 10.3. The van der Waals surface area contributed by atoms with Crippen LogP contribution in [0.4, 0.5) is 0 Å². The standard InChI is InChI=1S/C10H10N2O3S/c1-12-6-11-4-7(12)5-15-8-2-3-16-9(8)10(13)14/h2-4,6H,5H2,1H3,(H,13,14). The van der Waals surface area contributed by atoms with Gasteiger partial charge < -0.3 is 14.4 Å². The van der Waals surface area contributed by atoms with Gasteiger partial charge in [0.15, 0.2) is 4.88 Å². The molecule has 0 saturated heterocycles. The molecule has 0 aliphatic heterocycles. The second-order valence-electron chi connectivity index (χ2n) is 3.20. The third-order valence-corrected chi connectivity index (χ3v) is 3.00. The largest absolute Gasteiger partial charge is 0.486 e. The number of carbonyl (C=O) groups is 1. The van der Waals surface area contributed by atoms with Gasteiger partial charge in [-0.05, 0) is 11.4 Å². The molecule has 0 bridgehead atoms. The molecule has 16 heavy (non-hydrogen) atoms. The highest BCUT2D eigenvalue weighted by atomic mass is 32.1. The summed E-state index contributed by atoms with van der Waals surface area (Å²) in [6.45, 7) is 0.313. The number of nitrogens with zero attached hydrogens (tertiary/aromatic N) is 2. The van der Waals surface area contributed by atoms with E-state index in [-0.39, 0.29) is 4.88 Å². The van der Waals surface area contributed by atoms with Crippen molar-refractivity contribution in [3.8, 4) is 5.75 Å². The quantitative estimate of drug-likeness (QED) is 0.881. The number of rotatable bonds is 4. The molecular weight excluding hydrogens is 228 g/mol. The Morgan fingerprint density at radius 2 is 2.50 bits per heavy atom. The van der Waals surface area contributed by atoms with Gasteiger partial charge >= 0.3 is 5.97 Å². The van der Waals surface area contributed by atoms with Gasteiger partial charge in [-0.25, -0.2) is 9.78 Å². The van der Waals surface area contributed by atoms with Crippen molar-refractivity contribution in [3.05, 3.63) is 34.5 Å². The molecule has 0 aromatic carbocycles. The van der Waals surface area contributed by atoms with E-state index in [2.05, 4.69) is 4.98 Å². The lowest BCUT2D eigenvalue weighted by Gasteiger charge is -2.05. The molecule has 0 aliphatic carbocycles. The first-order valence-corrected chi connectivity index (χ1v) is 5.45. The third kappa shape index (κ3) is 2.06. The van der Waals surface area contributed by atoms with Crippen LogP contribution in [0.1, 0.15) is 15.4 Å². The zero-order valence-corrected chi connectivity index (χ0v) is 9.40. The van der Waals surface area contributed by atoms with Crippen molar-refractivity contribution in [1.82, 2.24) is 9.55 Å². The van der Waals surface area contributed by atoms with Crippen LogP contribution in [0.5, 0.6) is 5.75 Å². The van der Waals surface area contributed by atoms with Crippen LogP contribution >= 0.6 is 11.3 Å². The Morgan fingerprint density at radius 3 is 3.12 bits per heavy atom. The van der Waals surface area contributed by atoms with Crippen molar-refractivity contribution in [2.75, 3.05) is 0 Å². The Hall–Kier alpha value is -1.82. The van der Waals surface area contributed by atoms with E-state index in [0.29, 0.717) is 12.4 Å². The van der Waals surface area contributed by atoms with Crippen molar-refractivity contribution in [1.29, 1.82) is 0 Å². The van der Waals surface area contributed by atoms with Gasteiger partial charge in [-0.1, -0.05) is 0 Å². The molecular formula is C10H10N2O3S. The topological polar surface area (TPSA) is 64.4 Å². The summed E-state index contributed by atoms with van der Waals surface area (Å²) in [6.07, 6.45) is 3.36. The number of hydrogen-bond acceptors (Lipinski definition) is 4. The molecule has 0 amide bonds. The fourth-order valence-electron chi connectivity index (χ4n) is 1.24. The Kier molecular flexibility index (Phi) is 2.91. The average molecular weight is 238 g/mol. The number of aromatic nitrogens is 2. The molecule has 0 spiro atoms. The molecule has 0 radical (unpaired) electrons. The summed E-state index contributed by atoms with van der Waals surface area (Å²) >= 11 is 1.15. The molecule has 2 aromatic heterocycles. The molecule has 1 N–H and O–H groups in total. The third-order valence-electron chi connectivity index (χ3n) is 2.12. The molecule has 6 heteroatoms. The molecule has 0 fully saturated rings. The number of imidazole rings is 1. The van der Waals surface area contributed by atoms with Crippen molar-refractivity contribution in [3.63, 3.8) is 0 Å². The minimum Gasteiger partial charge on any atom is -0.486 e. The number of hydrogen-bond donors (Lipinski definition) is 1. The molecule has 2 heterocycles. The summed E-state index contributed by atoms with van der Waals surface area (Å²) in [5.41, 5.74) is 0.891. The fraction of sp³-hybridized carbons (Fsp3) is 0.200. The van der Waals surface area contributed by atoms with Gasteiger partial charge in [-0.2, -0.15) is 0 Å². The predicted molar refractivity (Wildman–Crippen MR) is 58.8 cm³/mol. The van der Waals surface area contributed by atoms with Crippen LogP contribution in [-0.4, -0.2) is 20.6 Å². The first-order chi connectivity index (χ1) is 7.68. The van der Waals surface area contributed by atoms with Crippen LogP contribution in [0.15, 0.2) is 24.0 Å². The van der Waals surface area contributed by atoms with Crippen molar-refractivity contribution < 1.29 is 14.6 Å². The van der Waals surface area contributed by atoms with Crippen molar-refractivity contribution in [2.24, 2.45) is 7.05 Å². The minimum atomic E-state index is -0.963. The van der Waals surface area contributed by atoms with E-state index in [0.717, 1.165) is 17.0 Å². The van der Waals surface area contributed by atoms with Gasteiger partial charge in [-0.3, -0.25) is 0 Å². The summed E-state index contributed by atoms with van der Waals surface area (Å²) < 4.78 is 7.26. The maximum atomic E-state index is 10.8. The number of carboxylic acids is 1. The number of carboxylic acid groups (broad SMARTS) is 1. The highest BCUT2D eigenvalue weighted by Crippen LogP contribution is 2.25. The summed E-state index contributed by atoms with van der Waals surface area (Å²) in [7, 11) is 1.86. The average Bonchev–Trinajstić information content (AvgIpc) is 2.83. The van der Waals surface area contributed by atoms with E-state index in [1.807, 2.05) is 11.6 Å². The maximum Gasteiger partial charge on any atom is 0.349 e. The van der Waals surface area contributed by atoms with Gasteiger partial charge in [0.05, 0.1) is 18.2 Å². The first kappa shape index (κ1) is 10.7. The second-order valence-corrected chi connectivity index (χ2v) is 4.12. The molecule has 2 aromatic rings. The van der Waals surface area contributed by atoms with E-state index in [1.165, 1.54) is 0 Å². The van der Waals surface area contributed by atoms with Crippen LogP contribution in [0, 0.1) is 0 Å². The van der Waals surface area contributed by atoms with Crippen LogP contribution in [0.2, 0.25) is 0 Å². The molecule has 0 saturated carbocycles. The number of ether oxygens (including phenoxy) is 1. The van der Waals surface area contributed by atoms with E-state index in [1.54, 1.807) is 24.0 Å². The molecule has 0 atom stereocenters. The lowest BCUT2D eigenvalue weighted by Crippen LogP contribution is -2.03. The summed E-state index contributed by atoms with van der Waals surface area (Å²) in [5, 5.41) is 10.6. The van der Waals surface area contributed by atoms with Crippen LogP contribution in [-0.2, 0) is 13.7 Å². The summed E-state index contributed by atoms with van der Waals surface area (Å²) in [5.74, 6) is -0.561. The van der Waals surface area contributed by atoms with Crippen LogP contribution in [0.25, 0.3) is 0 Å². The number of aryl methyl sites for hydroxylation is 1. The van der Waals surface area contributed by atoms with E-state index in [4.69, 9.17) is 9.84 Å². The molecule has 84 valence electrons. The van der Waals surface area contributed by atoms with Gasteiger partial charge in [-0.15, -0.1) is 11.3 Å². The molecule has 5 nitrogen and oxygen atoms in total. The molecule has 2 rings (SSSR count). The lowest BCUT2D eigenvalue weighted by molar-refractivity contribution is 0.0697. The van der Waals surface area contributed by atoms with Gasteiger partial charge in [0.2, 0.25) is 0 Å². The summed E-state index contributed by atoms with van der Waals surface area (Å²) in [4.78, 5) is 15.0. The Bertz CT molecular complexity index is 504. The minimum absolute atomic E-state index is 0.224. The highest BCUT2D eigenvalue weighted by Gasteiger charge is 2.13. The van der Waals surface area contributed by atoms with Crippen molar-refractivity contribution in [2.45, 2.75) is 6.61 Å². The van der Waals surface area contributed by atoms with E-state index >= 15 is 0 Å². The first-order valence-electron chi connectivity index (χ1n) is 4.57. The van der Waals surface area contributed by atoms with E-state index in [9.17, 15) is 4.79 Å². The Labute approximate surface area is 95.9 Å². The fourth-order valence-corrected chi connectivity index (χ4v) is 1.91. The Balaban J connectivity index is 2.08. The number of thiophene rings is 1. The van der Waals surface area contributed by atoms with Gasteiger partial charge in [0.1, 0.15) is 12.4 Å². The second kappa shape index (κ2) is 4.36. The smallest absolute Gasteiger partial charge is 0.349 e. The highest BCUT2D eigenvalue weighted by molar-refractivity contribution is 7.12. The molecule has 0 unspecified atom stereocenters. The Morgan fingerprint density at radius 1 is 1.69 bits per heavy atom. The summed E-state index contributed by atoms with van der Waals surface area (Å²) in [6, 6.07) is 1.66. The predicted octanol–water partition coefficient (Wildman–Crippen LogP) is 1.76.